The first-order valence-corrected chi connectivity index (χ1v) is 5.89. The molecule has 4 nitrogen and oxygen atoms in total. The Morgan fingerprint density at radius 3 is 2.84 bits per heavy atom. The lowest BCUT2D eigenvalue weighted by Gasteiger charge is -2.11. The molecule has 0 saturated heterocycles. The van der Waals surface area contributed by atoms with Crippen molar-refractivity contribution >= 4 is 0 Å². The van der Waals surface area contributed by atoms with Crippen LogP contribution >= 0.6 is 0 Å². The summed E-state index contributed by atoms with van der Waals surface area (Å²) in [7, 11) is 1.57. The smallest absolute Gasteiger partial charge is 0.253 e. The third-order valence-electron chi connectivity index (χ3n) is 2.96. The molecule has 0 fully saturated rings. The predicted molar refractivity (Wildman–Crippen MR) is 72.3 cm³/mol. The van der Waals surface area contributed by atoms with Gasteiger partial charge in [0.1, 0.15) is 5.75 Å². The molecule has 0 amide bonds. The van der Waals surface area contributed by atoms with Gasteiger partial charge in [-0.1, -0.05) is 6.07 Å². The minimum atomic E-state index is -0.0353. The molecule has 4 heteroatoms. The van der Waals surface area contributed by atoms with Crippen molar-refractivity contribution in [2.75, 3.05) is 7.11 Å². The van der Waals surface area contributed by atoms with Gasteiger partial charge in [0.25, 0.3) is 5.56 Å². The lowest BCUT2D eigenvalue weighted by molar-refractivity contribution is 0.408. The van der Waals surface area contributed by atoms with Gasteiger partial charge >= 0.3 is 0 Å². The number of methoxy groups -OCH3 is 1. The first-order chi connectivity index (χ1) is 9.15. The average molecular weight is 254 g/mol. The Morgan fingerprint density at radius 1 is 1.37 bits per heavy atom. The van der Waals surface area contributed by atoms with E-state index < -0.39 is 0 Å². The maximum absolute atomic E-state index is 12.0. The summed E-state index contributed by atoms with van der Waals surface area (Å²) in [5, 5.41) is 8.93. The van der Waals surface area contributed by atoms with Gasteiger partial charge < -0.3 is 9.30 Å². The van der Waals surface area contributed by atoms with E-state index >= 15 is 0 Å². The van der Waals surface area contributed by atoms with Crippen molar-refractivity contribution in [1.82, 2.24) is 4.57 Å². The van der Waals surface area contributed by atoms with Crippen LogP contribution in [0.4, 0.5) is 0 Å². The molecule has 1 heterocycles. The third-order valence-corrected chi connectivity index (χ3v) is 2.96. The van der Waals surface area contributed by atoms with Gasteiger partial charge in [-0.3, -0.25) is 4.79 Å². The standard InChI is InChI=1S/C15H14N2O2/c1-11-4-3-7-17(15(11)18)10-13-8-12(9-16)5-6-14(13)19-2/h3-8H,10H2,1-2H3. The Kier molecular flexibility index (Phi) is 3.67. The Balaban J connectivity index is 2.45. The quantitative estimate of drug-likeness (QED) is 0.842. The molecular weight excluding hydrogens is 240 g/mol. The number of nitriles is 1. The molecule has 0 bridgehead atoms. The highest BCUT2D eigenvalue weighted by Crippen LogP contribution is 2.20. The van der Waals surface area contributed by atoms with Gasteiger partial charge in [0, 0.05) is 17.3 Å². The number of nitrogens with zero attached hydrogens (tertiary/aromatic N) is 2. The van der Waals surface area contributed by atoms with Crippen molar-refractivity contribution in [3.63, 3.8) is 0 Å². The molecule has 1 aromatic heterocycles. The van der Waals surface area contributed by atoms with Gasteiger partial charge in [0.05, 0.1) is 25.3 Å². The first-order valence-electron chi connectivity index (χ1n) is 5.89. The summed E-state index contributed by atoms with van der Waals surface area (Å²) in [6.45, 7) is 2.17. The predicted octanol–water partition coefficient (Wildman–Crippen LogP) is 2.09. The maximum Gasteiger partial charge on any atom is 0.253 e. The molecule has 0 aliphatic carbocycles. The maximum atomic E-state index is 12.0. The topological polar surface area (TPSA) is 55.0 Å². The molecule has 19 heavy (non-hydrogen) atoms. The van der Waals surface area contributed by atoms with E-state index in [0.29, 0.717) is 23.4 Å². The SMILES string of the molecule is COc1ccc(C#N)cc1Cn1cccc(C)c1=O. The molecule has 2 aromatic rings. The van der Waals surface area contributed by atoms with E-state index in [-0.39, 0.29) is 5.56 Å². The Hall–Kier alpha value is -2.54. The number of pyridine rings is 1. The molecule has 0 unspecified atom stereocenters. The lowest BCUT2D eigenvalue weighted by Crippen LogP contribution is -2.21. The third kappa shape index (κ3) is 2.66. The summed E-state index contributed by atoms with van der Waals surface area (Å²) in [5.41, 5.74) is 2.02. The summed E-state index contributed by atoms with van der Waals surface area (Å²) in [4.78, 5) is 12.0. The van der Waals surface area contributed by atoms with Crippen LogP contribution in [0, 0.1) is 18.3 Å². The van der Waals surface area contributed by atoms with Crippen LogP contribution in [0.15, 0.2) is 41.3 Å². The van der Waals surface area contributed by atoms with Gasteiger partial charge in [0.15, 0.2) is 0 Å². The fourth-order valence-corrected chi connectivity index (χ4v) is 1.94. The van der Waals surface area contributed by atoms with Gasteiger partial charge in [-0.15, -0.1) is 0 Å². The number of hydrogen-bond donors (Lipinski definition) is 0. The Labute approximate surface area is 111 Å². The van der Waals surface area contributed by atoms with Crippen molar-refractivity contribution < 1.29 is 4.74 Å². The van der Waals surface area contributed by atoms with Crippen molar-refractivity contribution in [2.45, 2.75) is 13.5 Å². The highest BCUT2D eigenvalue weighted by molar-refractivity contribution is 5.42. The van der Waals surface area contributed by atoms with Gasteiger partial charge in [0.2, 0.25) is 0 Å². The Bertz CT molecular complexity index is 696. The second-order valence-electron chi connectivity index (χ2n) is 4.26. The van der Waals surface area contributed by atoms with Gasteiger partial charge in [-0.2, -0.15) is 5.26 Å². The van der Waals surface area contributed by atoms with Crippen LogP contribution in [0.2, 0.25) is 0 Å². The monoisotopic (exact) mass is 254 g/mol. The molecular formula is C15H14N2O2. The van der Waals surface area contributed by atoms with E-state index in [1.54, 1.807) is 49.1 Å². The molecule has 0 atom stereocenters. The number of benzene rings is 1. The zero-order chi connectivity index (χ0) is 13.8. The zero-order valence-corrected chi connectivity index (χ0v) is 10.9. The van der Waals surface area contributed by atoms with Crippen molar-refractivity contribution in [2.24, 2.45) is 0 Å². The zero-order valence-electron chi connectivity index (χ0n) is 10.9. The average Bonchev–Trinajstić information content (AvgIpc) is 2.43. The van der Waals surface area contributed by atoms with Crippen molar-refractivity contribution in [3.05, 3.63) is 63.6 Å². The lowest BCUT2D eigenvalue weighted by atomic mass is 10.1. The number of rotatable bonds is 3. The number of aryl methyl sites for hydroxylation is 1. The molecule has 96 valence electrons. The Morgan fingerprint density at radius 2 is 2.16 bits per heavy atom. The largest absolute Gasteiger partial charge is 0.496 e. The van der Waals surface area contributed by atoms with Gasteiger partial charge in [-0.25, -0.2) is 0 Å². The van der Waals surface area contributed by atoms with Crippen LogP contribution < -0.4 is 10.3 Å². The molecule has 0 radical (unpaired) electrons. The summed E-state index contributed by atoms with van der Waals surface area (Å²) in [6, 6.07) is 10.9. The molecule has 2 rings (SSSR count). The van der Waals surface area contributed by atoms with Crippen LogP contribution in [-0.4, -0.2) is 11.7 Å². The van der Waals surface area contributed by atoms with Crippen LogP contribution in [0.3, 0.4) is 0 Å². The van der Waals surface area contributed by atoms with Crippen LogP contribution in [0.1, 0.15) is 16.7 Å². The summed E-state index contributed by atoms with van der Waals surface area (Å²) in [6.07, 6.45) is 1.73. The van der Waals surface area contributed by atoms with E-state index in [2.05, 4.69) is 6.07 Å². The fourth-order valence-electron chi connectivity index (χ4n) is 1.94. The number of hydrogen-bond acceptors (Lipinski definition) is 3. The van der Waals surface area contributed by atoms with E-state index in [0.717, 1.165) is 5.56 Å². The number of aromatic nitrogens is 1. The number of ether oxygens (including phenoxy) is 1. The summed E-state index contributed by atoms with van der Waals surface area (Å²) in [5.74, 6) is 0.674. The van der Waals surface area contributed by atoms with Crippen LogP contribution in [0.25, 0.3) is 0 Å². The minimum absolute atomic E-state index is 0.0353. The molecule has 0 saturated carbocycles. The normalized spacial score (nSPS) is 9.95. The molecule has 0 N–H and O–H groups in total. The molecule has 0 spiro atoms. The fraction of sp³-hybridized carbons (Fsp3) is 0.200. The molecule has 0 aliphatic heterocycles. The molecule has 1 aromatic carbocycles. The second kappa shape index (κ2) is 5.40. The van der Waals surface area contributed by atoms with E-state index in [9.17, 15) is 4.79 Å². The van der Waals surface area contributed by atoms with Crippen molar-refractivity contribution in [1.29, 1.82) is 5.26 Å². The van der Waals surface area contributed by atoms with Gasteiger partial charge in [-0.05, 0) is 31.2 Å². The van der Waals surface area contributed by atoms with E-state index in [1.165, 1.54) is 0 Å². The molecule has 0 aliphatic rings. The minimum Gasteiger partial charge on any atom is -0.496 e. The second-order valence-corrected chi connectivity index (χ2v) is 4.26. The summed E-state index contributed by atoms with van der Waals surface area (Å²) < 4.78 is 6.87. The van der Waals surface area contributed by atoms with Crippen molar-refractivity contribution in [3.8, 4) is 11.8 Å². The van der Waals surface area contributed by atoms with E-state index in [1.807, 2.05) is 6.07 Å². The summed E-state index contributed by atoms with van der Waals surface area (Å²) >= 11 is 0. The first kappa shape index (κ1) is 12.9. The van der Waals surface area contributed by atoms with Crippen LogP contribution in [0.5, 0.6) is 5.75 Å². The highest BCUT2D eigenvalue weighted by atomic mass is 16.5. The van der Waals surface area contributed by atoms with Crippen LogP contribution in [-0.2, 0) is 6.54 Å². The highest BCUT2D eigenvalue weighted by Gasteiger charge is 2.07. The van der Waals surface area contributed by atoms with E-state index in [4.69, 9.17) is 10.00 Å².